The molecular formula is C12H21N5O. The molecule has 1 aromatic heterocycles. The van der Waals surface area contributed by atoms with Crippen LogP contribution >= 0.6 is 0 Å². The van der Waals surface area contributed by atoms with E-state index < -0.39 is 5.60 Å². The first-order valence-corrected chi connectivity index (χ1v) is 6.22. The van der Waals surface area contributed by atoms with E-state index >= 15 is 0 Å². The standard InChI is InChI=1S/C12H21N5O/c1-12(2,18)9-16-5-7-17(8-6-16)10-3-4-14-11(13)15-10/h3-4,18H,5-9H2,1-2H3,(H2,13,14,15). The Labute approximate surface area is 107 Å². The van der Waals surface area contributed by atoms with Gasteiger partial charge in [0.05, 0.1) is 5.60 Å². The van der Waals surface area contributed by atoms with Crippen molar-refractivity contribution in [2.24, 2.45) is 0 Å². The Morgan fingerprint density at radius 1 is 1.33 bits per heavy atom. The number of β-amino-alcohol motifs (C(OH)–C–C–N with tert-alkyl or cyclic N) is 1. The van der Waals surface area contributed by atoms with Crippen molar-refractivity contribution in [3.63, 3.8) is 0 Å². The van der Waals surface area contributed by atoms with E-state index in [9.17, 15) is 5.11 Å². The summed E-state index contributed by atoms with van der Waals surface area (Å²) < 4.78 is 0. The molecule has 18 heavy (non-hydrogen) atoms. The summed E-state index contributed by atoms with van der Waals surface area (Å²) in [7, 11) is 0. The summed E-state index contributed by atoms with van der Waals surface area (Å²) >= 11 is 0. The SMILES string of the molecule is CC(C)(O)CN1CCN(c2ccnc(N)n2)CC1. The van der Waals surface area contributed by atoms with Crippen molar-refractivity contribution in [1.82, 2.24) is 14.9 Å². The van der Waals surface area contributed by atoms with Crippen molar-refractivity contribution in [2.75, 3.05) is 43.4 Å². The number of nitrogens with zero attached hydrogens (tertiary/aromatic N) is 4. The number of piperazine rings is 1. The van der Waals surface area contributed by atoms with Crippen LogP contribution in [0.2, 0.25) is 0 Å². The van der Waals surface area contributed by atoms with Crippen molar-refractivity contribution in [2.45, 2.75) is 19.4 Å². The Kier molecular flexibility index (Phi) is 3.68. The number of rotatable bonds is 3. The number of aromatic nitrogens is 2. The fourth-order valence-corrected chi connectivity index (χ4v) is 2.22. The molecule has 100 valence electrons. The van der Waals surface area contributed by atoms with Crippen LogP contribution < -0.4 is 10.6 Å². The van der Waals surface area contributed by atoms with E-state index in [2.05, 4.69) is 19.8 Å². The fourth-order valence-electron chi connectivity index (χ4n) is 2.22. The number of hydrogen-bond acceptors (Lipinski definition) is 6. The second-order valence-electron chi connectivity index (χ2n) is 5.35. The van der Waals surface area contributed by atoms with Gasteiger partial charge in [-0.25, -0.2) is 4.98 Å². The first-order chi connectivity index (χ1) is 8.44. The molecule has 0 atom stereocenters. The topological polar surface area (TPSA) is 78.5 Å². The van der Waals surface area contributed by atoms with Gasteiger partial charge >= 0.3 is 0 Å². The maximum absolute atomic E-state index is 9.80. The normalized spacial score (nSPS) is 18.1. The number of hydrogen-bond donors (Lipinski definition) is 2. The average Bonchev–Trinajstić information content (AvgIpc) is 2.28. The van der Waals surface area contributed by atoms with Crippen LogP contribution in [0.5, 0.6) is 0 Å². The summed E-state index contributed by atoms with van der Waals surface area (Å²) in [6.07, 6.45) is 1.68. The van der Waals surface area contributed by atoms with Crippen LogP contribution in [0.3, 0.4) is 0 Å². The van der Waals surface area contributed by atoms with Gasteiger partial charge in [0.1, 0.15) is 5.82 Å². The van der Waals surface area contributed by atoms with E-state index in [0.717, 1.165) is 32.0 Å². The van der Waals surface area contributed by atoms with E-state index in [1.54, 1.807) is 6.20 Å². The Balaban J connectivity index is 1.91. The molecule has 6 heteroatoms. The molecular weight excluding hydrogens is 230 g/mol. The minimum Gasteiger partial charge on any atom is -0.389 e. The Bertz CT molecular complexity index is 396. The predicted octanol–water partition coefficient (Wildman–Crippen LogP) is -0.0483. The fraction of sp³-hybridized carbons (Fsp3) is 0.667. The molecule has 0 aliphatic carbocycles. The molecule has 3 N–H and O–H groups in total. The number of anilines is 2. The molecule has 0 unspecified atom stereocenters. The highest BCUT2D eigenvalue weighted by molar-refractivity contribution is 5.41. The zero-order valence-electron chi connectivity index (χ0n) is 11.0. The first-order valence-electron chi connectivity index (χ1n) is 6.22. The molecule has 0 saturated carbocycles. The van der Waals surface area contributed by atoms with E-state index in [-0.39, 0.29) is 0 Å². The minimum absolute atomic E-state index is 0.312. The van der Waals surface area contributed by atoms with Crippen LogP contribution in [0.25, 0.3) is 0 Å². The third-order valence-corrected chi connectivity index (χ3v) is 2.97. The maximum Gasteiger partial charge on any atom is 0.221 e. The molecule has 0 bridgehead atoms. The zero-order chi connectivity index (χ0) is 13.2. The zero-order valence-corrected chi connectivity index (χ0v) is 11.0. The van der Waals surface area contributed by atoms with Crippen molar-refractivity contribution < 1.29 is 5.11 Å². The maximum atomic E-state index is 9.80. The van der Waals surface area contributed by atoms with Gasteiger partial charge in [0, 0.05) is 38.9 Å². The molecule has 6 nitrogen and oxygen atoms in total. The molecule has 1 aromatic rings. The third-order valence-electron chi connectivity index (χ3n) is 2.97. The smallest absolute Gasteiger partial charge is 0.221 e. The van der Waals surface area contributed by atoms with Gasteiger partial charge in [0.25, 0.3) is 0 Å². The Hall–Kier alpha value is -1.40. The van der Waals surface area contributed by atoms with Gasteiger partial charge < -0.3 is 15.7 Å². The monoisotopic (exact) mass is 251 g/mol. The van der Waals surface area contributed by atoms with Crippen molar-refractivity contribution in [3.8, 4) is 0 Å². The summed E-state index contributed by atoms with van der Waals surface area (Å²) in [5.41, 5.74) is 4.95. The van der Waals surface area contributed by atoms with Gasteiger partial charge in [0.15, 0.2) is 0 Å². The van der Waals surface area contributed by atoms with Gasteiger partial charge in [-0.1, -0.05) is 0 Å². The van der Waals surface area contributed by atoms with Crippen LogP contribution in [0.4, 0.5) is 11.8 Å². The Morgan fingerprint density at radius 3 is 2.56 bits per heavy atom. The number of nitrogen functional groups attached to an aromatic ring is 1. The second-order valence-corrected chi connectivity index (χ2v) is 5.35. The highest BCUT2D eigenvalue weighted by Gasteiger charge is 2.23. The number of nitrogens with two attached hydrogens (primary N) is 1. The van der Waals surface area contributed by atoms with Crippen molar-refractivity contribution in [3.05, 3.63) is 12.3 Å². The average molecular weight is 251 g/mol. The molecule has 0 amide bonds. The predicted molar refractivity (Wildman–Crippen MR) is 71.4 cm³/mol. The second kappa shape index (κ2) is 5.07. The molecule has 0 radical (unpaired) electrons. The lowest BCUT2D eigenvalue weighted by Gasteiger charge is -2.37. The van der Waals surface area contributed by atoms with Gasteiger partial charge in [-0.3, -0.25) is 4.90 Å². The van der Waals surface area contributed by atoms with E-state index in [1.165, 1.54) is 0 Å². The summed E-state index contributed by atoms with van der Waals surface area (Å²) in [6.45, 7) is 8.02. The first kappa shape index (κ1) is 13.0. The van der Waals surface area contributed by atoms with Crippen molar-refractivity contribution >= 4 is 11.8 Å². The lowest BCUT2D eigenvalue weighted by Crippen LogP contribution is -2.50. The van der Waals surface area contributed by atoms with Crippen LogP contribution in [-0.2, 0) is 0 Å². The lowest BCUT2D eigenvalue weighted by atomic mass is 10.1. The summed E-state index contributed by atoms with van der Waals surface area (Å²) in [4.78, 5) is 12.6. The van der Waals surface area contributed by atoms with Gasteiger partial charge in [-0.05, 0) is 19.9 Å². The summed E-state index contributed by atoms with van der Waals surface area (Å²) in [6, 6.07) is 1.88. The quantitative estimate of drug-likeness (QED) is 0.784. The van der Waals surface area contributed by atoms with Crippen LogP contribution in [-0.4, -0.2) is 58.3 Å². The summed E-state index contributed by atoms with van der Waals surface area (Å²) in [5.74, 6) is 1.19. The summed E-state index contributed by atoms with van der Waals surface area (Å²) in [5, 5.41) is 9.80. The highest BCUT2D eigenvalue weighted by atomic mass is 16.3. The van der Waals surface area contributed by atoms with E-state index in [0.29, 0.717) is 12.5 Å². The largest absolute Gasteiger partial charge is 0.389 e. The molecule has 1 saturated heterocycles. The highest BCUT2D eigenvalue weighted by Crippen LogP contribution is 2.15. The van der Waals surface area contributed by atoms with E-state index in [4.69, 9.17) is 5.73 Å². The Morgan fingerprint density at radius 2 is 2.00 bits per heavy atom. The van der Waals surface area contributed by atoms with Gasteiger partial charge in [-0.2, -0.15) is 4.98 Å². The van der Waals surface area contributed by atoms with Crippen LogP contribution in [0, 0.1) is 0 Å². The minimum atomic E-state index is -0.637. The molecule has 1 fully saturated rings. The van der Waals surface area contributed by atoms with Crippen molar-refractivity contribution in [1.29, 1.82) is 0 Å². The number of aliphatic hydroxyl groups is 1. The van der Waals surface area contributed by atoms with Gasteiger partial charge in [-0.15, -0.1) is 0 Å². The molecule has 2 heterocycles. The van der Waals surface area contributed by atoms with Gasteiger partial charge in [0.2, 0.25) is 5.95 Å². The molecule has 1 aliphatic heterocycles. The lowest BCUT2D eigenvalue weighted by molar-refractivity contribution is 0.0344. The molecule has 2 rings (SSSR count). The molecule has 0 aromatic carbocycles. The van der Waals surface area contributed by atoms with E-state index in [1.807, 2.05) is 19.9 Å². The van der Waals surface area contributed by atoms with Crippen LogP contribution in [0.15, 0.2) is 12.3 Å². The third kappa shape index (κ3) is 3.54. The van der Waals surface area contributed by atoms with Crippen LogP contribution in [0.1, 0.15) is 13.8 Å². The molecule has 0 spiro atoms. The molecule has 1 aliphatic rings.